The van der Waals surface area contributed by atoms with E-state index in [4.69, 9.17) is 4.74 Å². The van der Waals surface area contributed by atoms with Crippen LogP contribution >= 0.6 is 0 Å². The molecule has 1 amide bonds. The van der Waals surface area contributed by atoms with Crippen molar-refractivity contribution in [3.8, 4) is 0 Å². The van der Waals surface area contributed by atoms with Gasteiger partial charge in [-0.15, -0.1) is 0 Å². The molecule has 1 aliphatic heterocycles. The molecule has 1 fully saturated rings. The van der Waals surface area contributed by atoms with Gasteiger partial charge in [-0.3, -0.25) is 9.78 Å². The Hall–Kier alpha value is -2.73. The highest BCUT2D eigenvalue weighted by Gasteiger charge is 2.21. The molecule has 4 rings (SSSR count). The maximum atomic E-state index is 12.6. The fourth-order valence-corrected chi connectivity index (χ4v) is 3.72. The fraction of sp³-hybridized carbons (Fsp3) is 0.381. The lowest BCUT2D eigenvalue weighted by Crippen LogP contribution is -2.29. The van der Waals surface area contributed by atoms with E-state index in [9.17, 15) is 4.79 Å². The molecule has 3 aromatic rings. The van der Waals surface area contributed by atoms with Crippen molar-refractivity contribution in [3.63, 3.8) is 0 Å². The summed E-state index contributed by atoms with van der Waals surface area (Å²) in [6, 6.07) is 9.73. The average molecular weight is 364 g/mol. The van der Waals surface area contributed by atoms with Gasteiger partial charge in [0.15, 0.2) is 0 Å². The number of pyridine rings is 1. The zero-order valence-electron chi connectivity index (χ0n) is 15.5. The zero-order chi connectivity index (χ0) is 18.6. The van der Waals surface area contributed by atoms with E-state index in [1.165, 1.54) is 0 Å². The van der Waals surface area contributed by atoms with Crippen LogP contribution in [-0.4, -0.2) is 40.2 Å². The summed E-state index contributed by atoms with van der Waals surface area (Å²) in [6.07, 6.45) is 5.60. The highest BCUT2D eigenvalue weighted by molar-refractivity contribution is 6.05. The number of ether oxygens (including phenoxy) is 1. The number of hydrogen-bond acceptors (Lipinski definition) is 4. The molecule has 0 radical (unpaired) electrons. The number of hydrogen-bond donors (Lipinski definition) is 1. The molecule has 1 aliphatic rings. The van der Waals surface area contributed by atoms with Crippen LogP contribution in [0.1, 0.15) is 40.8 Å². The van der Waals surface area contributed by atoms with Crippen LogP contribution in [0.25, 0.3) is 10.8 Å². The van der Waals surface area contributed by atoms with Crippen molar-refractivity contribution in [2.45, 2.75) is 32.2 Å². The standard InChI is InChI=1S/C21H24N4O2/c1-15-14-24-20(17-7-12-27-13-8-17)25(15)11-10-23-21(26)19-18-5-3-2-4-16(18)6-9-22-19/h2-6,9,14,17H,7-8,10-13H2,1H3,(H,23,26). The van der Waals surface area contributed by atoms with Crippen LogP contribution in [0.5, 0.6) is 0 Å². The summed E-state index contributed by atoms with van der Waals surface area (Å²) in [6.45, 7) is 4.89. The van der Waals surface area contributed by atoms with E-state index in [1.54, 1.807) is 6.20 Å². The number of rotatable bonds is 5. The SMILES string of the molecule is Cc1cnc(C2CCOCC2)n1CCNC(=O)c1nccc2ccccc12. The predicted molar refractivity (Wildman–Crippen MR) is 104 cm³/mol. The third-order valence-electron chi connectivity index (χ3n) is 5.18. The Morgan fingerprint density at radius 1 is 1.22 bits per heavy atom. The number of carbonyl (C=O) groups excluding carboxylic acids is 1. The highest BCUT2D eigenvalue weighted by atomic mass is 16.5. The number of carbonyl (C=O) groups is 1. The first-order valence-corrected chi connectivity index (χ1v) is 9.46. The van der Waals surface area contributed by atoms with Gasteiger partial charge in [-0.1, -0.05) is 24.3 Å². The van der Waals surface area contributed by atoms with Crippen LogP contribution in [0.4, 0.5) is 0 Å². The van der Waals surface area contributed by atoms with Crippen molar-refractivity contribution < 1.29 is 9.53 Å². The molecule has 2 aromatic heterocycles. The summed E-state index contributed by atoms with van der Waals surface area (Å²) in [5, 5.41) is 4.90. The number of fused-ring (bicyclic) bond motifs is 1. The Kier molecular flexibility index (Phi) is 5.16. The average Bonchev–Trinajstić information content (AvgIpc) is 3.08. The third-order valence-corrected chi connectivity index (χ3v) is 5.18. The zero-order valence-corrected chi connectivity index (χ0v) is 15.5. The summed E-state index contributed by atoms with van der Waals surface area (Å²) in [5.74, 6) is 1.40. The summed E-state index contributed by atoms with van der Waals surface area (Å²) in [7, 11) is 0. The summed E-state index contributed by atoms with van der Waals surface area (Å²) in [5.41, 5.74) is 1.59. The number of imidazole rings is 1. The molecule has 1 aromatic carbocycles. The maximum Gasteiger partial charge on any atom is 0.270 e. The van der Waals surface area contributed by atoms with Gasteiger partial charge in [0.2, 0.25) is 0 Å². The van der Waals surface area contributed by atoms with Crippen molar-refractivity contribution in [3.05, 3.63) is 59.9 Å². The molecule has 6 heteroatoms. The van der Waals surface area contributed by atoms with Crippen molar-refractivity contribution in [2.24, 2.45) is 0 Å². The second-order valence-corrected chi connectivity index (χ2v) is 6.93. The predicted octanol–water partition coefficient (Wildman–Crippen LogP) is 3.06. The van der Waals surface area contributed by atoms with Gasteiger partial charge >= 0.3 is 0 Å². The van der Waals surface area contributed by atoms with Crippen LogP contribution in [0, 0.1) is 6.92 Å². The largest absolute Gasteiger partial charge is 0.381 e. The second-order valence-electron chi connectivity index (χ2n) is 6.93. The van der Waals surface area contributed by atoms with Crippen molar-refractivity contribution in [2.75, 3.05) is 19.8 Å². The summed E-state index contributed by atoms with van der Waals surface area (Å²) < 4.78 is 7.68. The van der Waals surface area contributed by atoms with Gasteiger partial charge in [0.05, 0.1) is 0 Å². The van der Waals surface area contributed by atoms with Gasteiger partial charge in [-0.2, -0.15) is 0 Å². The molecule has 140 valence electrons. The van der Waals surface area contributed by atoms with Gasteiger partial charge in [0.1, 0.15) is 11.5 Å². The van der Waals surface area contributed by atoms with Crippen molar-refractivity contribution >= 4 is 16.7 Å². The van der Waals surface area contributed by atoms with Crippen molar-refractivity contribution in [1.29, 1.82) is 0 Å². The number of amides is 1. The molecule has 1 N–H and O–H groups in total. The number of nitrogens with one attached hydrogen (secondary N) is 1. The number of aryl methyl sites for hydroxylation is 1. The molecule has 3 heterocycles. The molecule has 0 spiro atoms. The molecule has 0 saturated carbocycles. The molecule has 0 aliphatic carbocycles. The van der Waals surface area contributed by atoms with E-state index >= 15 is 0 Å². The van der Waals surface area contributed by atoms with Gasteiger partial charge in [0, 0.05) is 55.7 Å². The molecule has 1 saturated heterocycles. The Balaban J connectivity index is 1.44. The van der Waals surface area contributed by atoms with Crippen molar-refractivity contribution in [1.82, 2.24) is 19.9 Å². The third kappa shape index (κ3) is 3.71. The topological polar surface area (TPSA) is 69.0 Å². The molecule has 6 nitrogen and oxygen atoms in total. The van der Waals surface area contributed by atoms with E-state index in [-0.39, 0.29) is 5.91 Å². The molecule has 27 heavy (non-hydrogen) atoms. The first-order chi connectivity index (χ1) is 13.2. The number of benzene rings is 1. The van der Waals surface area contributed by atoms with E-state index in [1.807, 2.05) is 36.5 Å². The minimum atomic E-state index is -0.141. The number of nitrogens with zero attached hydrogens (tertiary/aromatic N) is 3. The molecule has 0 atom stereocenters. The molecular weight excluding hydrogens is 340 g/mol. The van der Waals surface area contributed by atoms with Gasteiger partial charge in [-0.05, 0) is 31.2 Å². The van der Waals surface area contributed by atoms with Crippen LogP contribution in [0.15, 0.2) is 42.7 Å². The first-order valence-electron chi connectivity index (χ1n) is 9.46. The van der Waals surface area contributed by atoms with Crippen LogP contribution in [0.3, 0.4) is 0 Å². The van der Waals surface area contributed by atoms with E-state index < -0.39 is 0 Å². The van der Waals surface area contributed by atoms with Crippen LogP contribution < -0.4 is 5.32 Å². The molecule has 0 bridgehead atoms. The summed E-state index contributed by atoms with van der Waals surface area (Å²) >= 11 is 0. The molecular formula is C21H24N4O2. The second kappa shape index (κ2) is 7.88. The first kappa shape index (κ1) is 17.7. The minimum absolute atomic E-state index is 0.141. The van der Waals surface area contributed by atoms with E-state index in [0.717, 1.165) is 48.3 Å². The normalized spacial score (nSPS) is 15.1. The monoisotopic (exact) mass is 364 g/mol. The van der Waals surface area contributed by atoms with E-state index in [0.29, 0.717) is 24.7 Å². The number of aromatic nitrogens is 3. The van der Waals surface area contributed by atoms with Gasteiger partial charge in [0.25, 0.3) is 5.91 Å². The lowest BCUT2D eigenvalue weighted by atomic mass is 9.99. The Labute approximate surface area is 158 Å². The Bertz CT molecular complexity index is 939. The highest BCUT2D eigenvalue weighted by Crippen LogP contribution is 2.26. The van der Waals surface area contributed by atoms with Crippen LogP contribution in [0.2, 0.25) is 0 Å². The quantitative estimate of drug-likeness (QED) is 0.755. The lowest BCUT2D eigenvalue weighted by molar-refractivity contribution is 0.0827. The Morgan fingerprint density at radius 3 is 2.89 bits per heavy atom. The van der Waals surface area contributed by atoms with Crippen LogP contribution in [-0.2, 0) is 11.3 Å². The summed E-state index contributed by atoms with van der Waals surface area (Å²) in [4.78, 5) is 21.5. The van der Waals surface area contributed by atoms with Gasteiger partial charge in [-0.25, -0.2) is 4.98 Å². The maximum absolute atomic E-state index is 12.6. The van der Waals surface area contributed by atoms with E-state index in [2.05, 4.69) is 26.8 Å². The van der Waals surface area contributed by atoms with Gasteiger partial charge < -0.3 is 14.6 Å². The Morgan fingerprint density at radius 2 is 2.04 bits per heavy atom. The fourth-order valence-electron chi connectivity index (χ4n) is 3.72. The smallest absolute Gasteiger partial charge is 0.270 e. The molecule has 0 unspecified atom stereocenters. The lowest BCUT2D eigenvalue weighted by Gasteiger charge is -2.23. The minimum Gasteiger partial charge on any atom is -0.381 e.